The summed E-state index contributed by atoms with van der Waals surface area (Å²) in [6.07, 6.45) is 8.78. The van der Waals surface area contributed by atoms with Crippen LogP contribution in [0.5, 0.6) is 0 Å². The molecule has 0 spiro atoms. The molecule has 0 radical (unpaired) electrons. The van der Waals surface area contributed by atoms with Gasteiger partial charge in [-0.15, -0.1) is 0 Å². The smallest absolute Gasteiger partial charge is 0.0531 e. The van der Waals surface area contributed by atoms with Gasteiger partial charge in [0.05, 0.1) is 5.69 Å². The van der Waals surface area contributed by atoms with Crippen molar-refractivity contribution in [2.75, 3.05) is 5.32 Å². The number of nitrogens with zero attached hydrogens (tertiary/aromatic N) is 1. The number of nitrogens with one attached hydrogen (secondary N) is 1. The van der Waals surface area contributed by atoms with E-state index in [2.05, 4.69) is 37.1 Å². The van der Waals surface area contributed by atoms with Crippen molar-refractivity contribution < 1.29 is 0 Å². The molecule has 0 aliphatic carbocycles. The van der Waals surface area contributed by atoms with Crippen LogP contribution >= 0.6 is 0 Å². The lowest BCUT2D eigenvalue weighted by molar-refractivity contribution is 0.593. The molecule has 0 aromatic carbocycles. The highest BCUT2D eigenvalue weighted by Gasteiger charge is 2.05. The minimum absolute atomic E-state index is 0.591. The van der Waals surface area contributed by atoms with Crippen LogP contribution in [0.1, 0.15) is 45.1 Å². The zero-order chi connectivity index (χ0) is 11.1. The number of unbranched alkanes of at least 4 members (excludes halogenated alkanes) is 1. The number of anilines is 1. The predicted octanol–water partition coefficient (Wildman–Crippen LogP) is 3.77. The second kappa shape index (κ2) is 6.44. The fraction of sp³-hybridized carbons (Fsp3) is 0.615. The van der Waals surface area contributed by atoms with Crippen LogP contribution in [0.3, 0.4) is 0 Å². The van der Waals surface area contributed by atoms with Crippen LogP contribution in [0.2, 0.25) is 0 Å². The molecule has 1 atom stereocenters. The van der Waals surface area contributed by atoms with E-state index >= 15 is 0 Å². The third-order valence-electron chi connectivity index (χ3n) is 2.64. The van der Waals surface area contributed by atoms with Crippen molar-refractivity contribution in [3.63, 3.8) is 0 Å². The highest BCUT2D eigenvalue weighted by molar-refractivity contribution is 5.43. The third-order valence-corrected chi connectivity index (χ3v) is 2.64. The van der Waals surface area contributed by atoms with Gasteiger partial charge in [0.1, 0.15) is 0 Å². The Morgan fingerprint density at radius 2 is 2.13 bits per heavy atom. The van der Waals surface area contributed by atoms with Crippen LogP contribution in [0.25, 0.3) is 0 Å². The molecule has 0 aliphatic heterocycles. The first-order chi connectivity index (χ1) is 7.26. The lowest BCUT2D eigenvalue weighted by Gasteiger charge is -2.17. The summed E-state index contributed by atoms with van der Waals surface area (Å²) in [7, 11) is 0. The maximum Gasteiger partial charge on any atom is 0.0531 e. The van der Waals surface area contributed by atoms with Gasteiger partial charge in [-0.05, 0) is 31.4 Å². The van der Waals surface area contributed by atoms with E-state index in [9.17, 15) is 0 Å². The van der Waals surface area contributed by atoms with Crippen LogP contribution < -0.4 is 5.32 Å². The molecule has 0 saturated heterocycles. The van der Waals surface area contributed by atoms with Crippen LogP contribution in [0.15, 0.2) is 18.5 Å². The summed E-state index contributed by atoms with van der Waals surface area (Å²) in [6.45, 7) is 6.54. The summed E-state index contributed by atoms with van der Waals surface area (Å²) >= 11 is 0. The third kappa shape index (κ3) is 4.32. The molecule has 2 nitrogen and oxygen atoms in total. The Morgan fingerprint density at radius 1 is 1.33 bits per heavy atom. The van der Waals surface area contributed by atoms with Crippen molar-refractivity contribution in [3.05, 3.63) is 24.0 Å². The first-order valence-corrected chi connectivity index (χ1v) is 5.94. The number of aromatic nitrogens is 1. The molecule has 1 heterocycles. The van der Waals surface area contributed by atoms with E-state index in [0.717, 1.165) is 5.69 Å². The van der Waals surface area contributed by atoms with E-state index in [1.165, 1.54) is 31.2 Å². The minimum atomic E-state index is 0.591. The lowest BCUT2D eigenvalue weighted by Crippen LogP contribution is -2.18. The molecule has 1 aromatic rings. The van der Waals surface area contributed by atoms with Crippen LogP contribution in [0.4, 0.5) is 5.69 Å². The number of rotatable bonds is 6. The van der Waals surface area contributed by atoms with Gasteiger partial charge < -0.3 is 5.32 Å². The van der Waals surface area contributed by atoms with E-state index in [1.54, 1.807) is 0 Å². The second-order valence-electron chi connectivity index (χ2n) is 4.14. The molecule has 15 heavy (non-hydrogen) atoms. The van der Waals surface area contributed by atoms with E-state index in [1.807, 2.05) is 12.4 Å². The molecule has 84 valence electrons. The van der Waals surface area contributed by atoms with Crippen molar-refractivity contribution in [3.8, 4) is 0 Å². The number of pyridine rings is 1. The highest BCUT2D eigenvalue weighted by Crippen LogP contribution is 2.13. The zero-order valence-corrected chi connectivity index (χ0v) is 10.1. The average Bonchev–Trinajstić information content (AvgIpc) is 2.24. The normalized spacial score (nSPS) is 12.5. The predicted molar refractivity (Wildman–Crippen MR) is 66.2 cm³/mol. The van der Waals surface area contributed by atoms with Gasteiger partial charge in [-0.2, -0.15) is 0 Å². The van der Waals surface area contributed by atoms with Gasteiger partial charge in [-0.3, -0.25) is 4.98 Å². The Labute approximate surface area is 93.1 Å². The van der Waals surface area contributed by atoms with Crippen molar-refractivity contribution in [2.24, 2.45) is 0 Å². The second-order valence-corrected chi connectivity index (χ2v) is 4.14. The van der Waals surface area contributed by atoms with Crippen molar-refractivity contribution in [1.29, 1.82) is 0 Å². The number of hydrogen-bond donors (Lipinski definition) is 1. The zero-order valence-electron chi connectivity index (χ0n) is 10.1. The van der Waals surface area contributed by atoms with E-state index in [0.29, 0.717) is 6.04 Å². The quantitative estimate of drug-likeness (QED) is 0.766. The van der Waals surface area contributed by atoms with E-state index in [-0.39, 0.29) is 0 Å². The molecule has 0 fully saturated rings. The molecule has 2 heteroatoms. The molecule has 0 aliphatic rings. The standard InChI is InChI=1S/C13H22N2/c1-4-6-7-12(5-2)15-13-8-11(3)9-14-10-13/h8-10,12,15H,4-7H2,1-3H3. The Bertz CT molecular complexity index is 284. The first-order valence-electron chi connectivity index (χ1n) is 5.94. The average molecular weight is 206 g/mol. The summed E-state index contributed by atoms with van der Waals surface area (Å²) < 4.78 is 0. The van der Waals surface area contributed by atoms with Gasteiger partial charge in [0.25, 0.3) is 0 Å². The minimum Gasteiger partial charge on any atom is -0.381 e. The van der Waals surface area contributed by atoms with Gasteiger partial charge in [-0.25, -0.2) is 0 Å². The Balaban J connectivity index is 2.50. The molecular weight excluding hydrogens is 184 g/mol. The highest BCUT2D eigenvalue weighted by atomic mass is 14.9. The first kappa shape index (κ1) is 12.0. The molecule has 0 amide bonds. The van der Waals surface area contributed by atoms with Crippen LogP contribution in [0, 0.1) is 6.92 Å². The monoisotopic (exact) mass is 206 g/mol. The molecular formula is C13H22N2. The van der Waals surface area contributed by atoms with Gasteiger partial charge in [0.2, 0.25) is 0 Å². The summed E-state index contributed by atoms with van der Waals surface area (Å²) in [5, 5.41) is 3.54. The molecule has 1 aromatic heterocycles. The van der Waals surface area contributed by atoms with Crippen molar-refractivity contribution in [1.82, 2.24) is 4.98 Å². The fourth-order valence-electron chi connectivity index (χ4n) is 1.70. The largest absolute Gasteiger partial charge is 0.381 e. The van der Waals surface area contributed by atoms with E-state index in [4.69, 9.17) is 0 Å². The van der Waals surface area contributed by atoms with E-state index < -0.39 is 0 Å². The van der Waals surface area contributed by atoms with Crippen molar-refractivity contribution in [2.45, 2.75) is 52.5 Å². The lowest BCUT2D eigenvalue weighted by atomic mass is 10.1. The summed E-state index contributed by atoms with van der Waals surface area (Å²) in [6, 6.07) is 2.75. The maximum absolute atomic E-state index is 4.19. The summed E-state index contributed by atoms with van der Waals surface area (Å²) in [5.41, 5.74) is 2.36. The molecule has 1 rings (SSSR count). The van der Waals surface area contributed by atoms with Gasteiger partial charge in [-0.1, -0.05) is 26.7 Å². The van der Waals surface area contributed by atoms with Crippen molar-refractivity contribution >= 4 is 5.69 Å². The molecule has 0 bridgehead atoms. The number of aryl methyl sites for hydroxylation is 1. The number of hydrogen-bond acceptors (Lipinski definition) is 2. The SMILES string of the molecule is CCCCC(CC)Nc1cncc(C)c1. The van der Waals surface area contributed by atoms with Crippen LogP contribution in [-0.4, -0.2) is 11.0 Å². The summed E-state index contributed by atoms with van der Waals surface area (Å²) in [4.78, 5) is 4.19. The molecule has 1 unspecified atom stereocenters. The Kier molecular flexibility index (Phi) is 5.16. The molecule has 1 N–H and O–H groups in total. The topological polar surface area (TPSA) is 24.9 Å². The molecule has 0 saturated carbocycles. The Hall–Kier alpha value is -1.05. The van der Waals surface area contributed by atoms with Crippen LogP contribution in [-0.2, 0) is 0 Å². The summed E-state index contributed by atoms with van der Waals surface area (Å²) in [5.74, 6) is 0. The Morgan fingerprint density at radius 3 is 2.73 bits per heavy atom. The maximum atomic E-state index is 4.19. The van der Waals surface area contributed by atoms with Gasteiger partial charge in [0.15, 0.2) is 0 Å². The van der Waals surface area contributed by atoms with Gasteiger partial charge in [0, 0.05) is 18.4 Å². The van der Waals surface area contributed by atoms with Gasteiger partial charge >= 0.3 is 0 Å². The fourth-order valence-corrected chi connectivity index (χ4v) is 1.70.